The van der Waals surface area contributed by atoms with E-state index >= 15 is 0 Å². The number of piperazine rings is 1. The zero-order valence-electron chi connectivity index (χ0n) is 16.0. The predicted octanol–water partition coefficient (Wildman–Crippen LogP) is 1.94. The van der Waals surface area contributed by atoms with Crippen molar-refractivity contribution in [2.75, 3.05) is 51.3 Å². The average molecular weight is 376 g/mol. The van der Waals surface area contributed by atoms with Crippen LogP contribution in [0.1, 0.15) is 19.7 Å². The van der Waals surface area contributed by atoms with E-state index in [4.69, 9.17) is 9.15 Å². The number of urea groups is 1. The second-order valence-electron chi connectivity index (χ2n) is 6.67. The molecule has 1 fully saturated rings. The van der Waals surface area contributed by atoms with Crippen molar-refractivity contribution in [3.63, 3.8) is 0 Å². The number of rotatable bonds is 7. The monoisotopic (exact) mass is 376 g/mol. The number of aliphatic hydroxyl groups is 1. The van der Waals surface area contributed by atoms with Crippen LogP contribution in [0, 0.1) is 0 Å². The van der Waals surface area contributed by atoms with Crippen molar-refractivity contribution in [1.29, 1.82) is 0 Å². The molecular weight excluding hydrogens is 348 g/mol. The van der Waals surface area contributed by atoms with Gasteiger partial charge < -0.3 is 24.5 Å². The highest BCUT2D eigenvalue weighted by molar-refractivity contribution is 5.91. The molecule has 0 aliphatic carbocycles. The summed E-state index contributed by atoms with van der Waals surface area (Å²) < 4.78 is 10.8. The second kappa shape index (κ2) is 9.16. The Bertz CT molecular complexity index is 755. The van der Waals surface area contributed by atoms with Gasteiger partial charge in [-0.25, -0.2) is 9.78 Å². The average Bonchev–Trinajstić information content (AvgIpc) is 3.09. The van der Waals surface area contributed by atoms with Crippen LogP contribution in [0.4, 0.5) is 10.5 Å². The number of hydrogen-bond donors (Lipinski definition) is 2. The number of amides is 2. The number of benzene rings is 1. The van der Waals surface area contributed by atoms with Gasteiger partial charge in [-0.1, -0.05) is 6.92 Å². The zero-order chi connectivity index (χ0) is 19.2. The molecule has 1 aromatic heterocycles. The maximum atomic E-state index is 12.5. The molecular formula is C19H28N4O4. The fourth-order valence-electron chi connectivity index (χ4n) is 3.14. The third-order valence-corrected chi connectivity index (χ3v) is 4.63. The first-order chi connectivity index (χ1) is 13.1. The summed E-state index contributed by atoms with van der Waals surface area (Å²) in [5.41, 5.74) is 2.18. The zero-order valence-corrected chi connectivity index (χ0v) is 16.0. The quantitative estimate of drug-likeness (QED) is 0.767. The number of nitrogens with one attached hydrogen (secondary N) is 1. The SMILES string of the molecule is CCOCC(O)CN1CCN(C(=O)Nc2ccc3oc(CC)nc3c2)CC1. The molecule has 0 spiro atoms. The van der Waals surface area contributed by atoms with Gasteiger partial charge in [-0.2, -0.15) is 0 Å². The predicted molar refractivity (Wildman–Crippen MR) is 103 cm³/mol. The lowest BCUT2D eigenvalue weighted by Crippen LogP contribution is -2.51. The molecule has 148 valence electrons. The number of nitrogens with zero attached hydrogens (tertiary/aromatic N) is 3. The molecule has 27 heavy (non-hydrogen) atoms. The summed E-state index contributed by atoms with van der Waals surface area (Å²) in [5.74, 6) is 0.691. The normalized spacial score (nSPS) is 16.6. The first-order valence-electron chi connectivity index (χ1n) is 9.52. The molecule has 1 atom stereocenters. The van der Waals surface area contributed by atoms with Gasteiger partial charge in [-0.15, -0.1) is 0 Å². The molecule has 2 aromatic rings. The number of anilines is 1. The lowest BCUT2D eigenvalue weighted by Gasteiger charge is -2.35. The molecule has 1 unspecified atom stereocenters. The van der Waals surface area contributed by atoms with Gasteiger partial charge in [0.1, 0.15) is 5.52 Å². The minimum Gasteiger partial charge on any atom is -0.441 e. The van der Waals surface area contributed by atoms with Crippen LogP contribution in [0.25, 0.3) is 11.1 Å². The standard InChI is InChI=1S/C19H28N4O4/c1-3-18-21-16-11-14(5-6-17(16)27-18)20-19(25)23-9-7-22(8-10-23)12-15(24)13-26-4-2/h5-6,11,15,24H,3-4,7-10,12-13H2,1-2H3,(H,20,25). The third-order valence-electron chi connectivity index (χ3n) is 4.63. The highest BCUT2D eigenvalue weighted by Crippen LogP contribution is 2.20. The largest absolute Gasteiger partial charge is 0.441 e. The maximum absolute atomic E-state index is 12.5. The van der Waals surface area contributed by atoms with Crippen molar-refractivity contribution in [1.82, 2.24) is 14.8 Å². The number of carbonyl (C=O) groups is 1. The summed E-state index contributed by atoms with van der Waals surface area (Å²) in [6.45, 7) is 8.14. The molecule has 0 saturated carbocycles. The molecule has 1 aliphatic rings. The van der Waals surface area contributed by atoms with E-state index in [0.29, 0.717) is 44.4 Å². The Kier molecular flexibility index (Phi) is 6.65. The van der Waals surface area contributed by atoms with Gasteiger partial charge in [0.05, 0.1) is 12.7 Å². The van der Waals surface area contributed by atoms with Gasteiger partial charge in [-0.3, -0.25) is 4.90 Å². The molecule has 8 heteroatoms. The van der Waals surface area contributed by atoms with Crippen LogP contribution in [0.2, 0.25) is 0 Å². The fraction of sp³-hybridized carbons (Fsp3) is 0.579. The Morgan fingerprint density at radius 3 is 2.81 bits per heavy atom. The van der Waals surface area contributed by atoms with Crippen molar-refractivity contribution < 1.29 is 19.1 Å². The number of β-amino-alcohol motifs (C(OH)–C–C–N with tert-alkyl or cyclic N) is 1. The van der Waals surface area contributed by atoms with Crippen LogP contribution >= 0.6 is 0 Å². The number of hydrogen-bond acceptors (Lipinski definition) is 6. The van der Waals surface area contributed by atoms with Crippen LogP contribution in [0.5, 0.6) is 0 Å². The van der Waals surface area contributed by atoms with Crippen LogP contribution in [-0.2, 0) is 11.2 Å². The van der Waals surface area contributed by atoms with Crippen molar-refractivity contribution in [2.45, 2.75) is 26.4 Å². The topological polar surface area (TPSA) is 91.1 Å². The van der Waals surface area contributed by atoms with E-state index < -0.39 is 6.10 Å². The highest BCUT2D eigenvalue weighted by atomic mass is 16.5. The number of aliphatic hydroxyl groups excluding tert-OH is 1. The molecule has 8 nitrogen and oxygen atoms in total. The lowest BCUT2D eigenvalue weighted by atomic mass is 10.2. The van der Waals surface area contributed by atoms with E-state index in [1.807, 2.05) is 32.0 Å². The molecule has 1 aliphatic heterocycles. The van der Waals surface area contributed by atoms with E-state index in [1.165, 1.54) is 0 Å². The van der Waals surface area contributed by atoms with Crippen molar-refractivity contribution in [3.05, 3.63) is 24.1 Å². The summed E-state index contributed by atoms with van der Waals surface area (Å²) in [4.78, 5) is 20.9. The summed E-state index contributed by atoms with van der Waals surface area (Å²) in [6.07, 6.45) is 0.243. The number of aryl methyl sites for hydroxylation is 1. The van der Waals surface area contributed by atoms with E-state index in [1.54, 1.807) is 4.90 Å². The minimum absolute atomic E-state index is 0.122. The number of aromatic nitrogens is 1. The van der Waals surface area contributed by atoms with E-state index in [9.17, 15) is 9.90 Å². The highest BCUT2D eigenvalue weighted by Gasteiger charge is 2.22. The van der Waals surface area contributed by atoms with Gasteiger partial charge in [0.15, 0.2) is 11.5 Å². The molecule has 3 rings (SSSR count). The van der Waals surface area contributed by atoms with Crippen LogP contribution < -0.4 is 5.32 Å². The van der Waals surface area contributed by atoms with E-state index in [0.717, 1.165) is 30.6 Å². The fourth-order valence-corrected chi connectivity index (χ4v) is 3.14. The Balaban J connectivity index is 1.49. The Hall–Kier alpha value is -2.16. The Labute approximate surface area is 159 Å². The molecule has 2 heterocycles. The molecule has 1 aromatic carbocycles. The van der Waals surface area contributed by atoms with Crippen LogP contribution in [0.15, 0.2) is 22.6 Å². The first kappa shape index (κ1) is 19.6. The van der Waals surface area contributed by atoms with Crippen molar-refractivity contribution in [3.8, 4) is 0 Å². The van der Waals surface area contributed by atoms with Gasteiger partial charge in [0.2, 0.25) is 0 Å². The van der Waals surface area contributed by atoms with Crippen molar-refractivity contribution >= 4 is 22.8 Å². The van der Waals surface area contributed by atoms with Crippen LogP contribution in [0.3, 0.4) is 0 Å². The van der Waals surface area contributed by atoms with Crippen molar-refractivity contribution in [2.24, 2.45) is 0 Å². The second-order valence-corrected chi connectivity index (χ2v) is 6.67. The smallest absolute Gasteiger partial charge is 0.321 e. The van der Waals surface area contributed by atoms with E-state index in [2.05, 4.69) is 15.2 Å². The minimum atomic E-state index is -0.493. The molecule has 1 saturated heterocycles. The number of oxazole rings is 1. The van der Waals surface area contributed by atoms with Gasteiger partial charge in [0, 0.05) is 51.4 Å². The van der Waals surface area contributed by atoms with E-state index in [-0.39, 0.29) is 6.03 Å². The maximum Gasteiger partial charge on any atom is 0.321 e. The Morgan fingerprint density at radius 2 is 2.11 bits per heavy atom. The van der Waals surface area contributed by atoms with Gasteiger partial charge >= 0.3 is 6.03 Å². The summed E-state index contributed by atoms with van der Waals surface area (Å²) in [6, 6.07) is 5.36. The molecule has 2 N–H and O–H groups in total. The van der Waals surface area contributed by atoms with Gasteiger partial charge in [-0.05, 0) is 25.1 Å². The third kappa shape index (κ3) is 5.18. The lowest BCUT2D eigenvalue weighted by molar-refractivity contribution is 0.0139. The molecule has 0 radical (unpaired) electrons. The summed E-state index contributed by atoms with van der Waals surface area (Å²) in [5, 5.41) is 12.9. The molecule has 2 amide bonds. The first-order valence-corrected chi connectivity index (χ1v) is 9.52. The number of fused-ring (bicyclic) bond motifs is 1. The summed E-state index contributed by atoms with van der Waals surface area (Å²) in [7, 11) is 0. The van der Waals surface area contributed by atoms with Gasteiger partial charge in [0.25, 0.3) is 0 Å². The number of ether oxygens (including phenoxy) is 1. The molecule has 0 bridgehead atoms. The number of carbonyl (C=O) groups excluding carboxylic acids is 1. The summed E-state index contributed by atoms with van der Waals surface area (Å²) >= 11 is 0. The Morgan fingerprint density at radius 1 is 1.33 bits per heavy atom. The van der Waals surface area contributed by atoms with Crippen LogP contribution in [-0.4, -0.2) is 78.0 Å².